The number of primary amides is 1. The molecular formula is C9H4F2N2O3. The lowest BCUT2D eigenvalue weighted by atomic mass is 10.2. The van der Waals surface area contributed by atoms with Crippen LogP contribution >= 0.6 is 0 Å². The maximum absolute atomic E-state index is 13.0. The van der Waals surface area contributed by atoms with Gasteiger partial charge in [-0.15, -0.1) is 0 Å². The third-order valence-corrected chi connectivity index (χ3v) is 1.55. The first kappa shape index (κ1) is 11.6. The zero-order valence-electron chi connectivity index (χ0n) is 7.66. The second-order valence-corrected chi connectivity index (χ2v) is 2.65. The number of benzene rings is 1. The maximum atomic E-state index is 13.0. The van der Waals surface area contributed by atoms with Gasteiger partial charge in [0.05, 0.1) is 10.5 Å². The lowest BCUT2D eigenvalue weighted by Crippen LogP contribution is -2.06. The van der Waals surface area contributed by atoms with Crippen LogP contribution in [0.4, 0.5) is 14.5 Å². The molecule has 0 aliphatic rings. The van der Waals surface area contributed by atoms with Crippen molar-refractivity contribution < 1.29 is 18.5 Å². The molecule has 7 heteroatoms. The molecule has 0 atom stereocenters. The number of carbonyl (C=O) groups excluding carboxylic acids is 1. The highest BCUT2D eigenvalue weighted by Gasteiger charge is 2.17. The molecule has 0 spiro atoms. The monoisotopic (exact) mass is 226 g/mol. The third-order valence-electron chi connectivity index (χ3n) is 1.55. The number of rotatable bonds is 1. The highest BCUT2D eigenvalue weighted by Crippen LogP contribution is 2.20. The average Bonchev–Trinajstić information content (AvgIpc) is 2.15. The van der Waals surface area contributed by atoms with Crippen molar-refractivity contribution >= 4 is 11.6 Å². The fraction of sp³-hybridized carbons (Fsp3) is 0. The molecule has 16 heavy (non-hydrogen) atoms. The summed E-state index contributed by atoms with van der Waals surface area (Å²) in [6.07, 6.45) is 0. The van der Waals surface area contributed by atoms with E-state index >= 15 is 0 Å². The van der Waals surface area contributed by atoms with Crippen molar-refractivity contribution in [2.75, 3.05) is 0 Å². The number of hydrogen-bond acceptors (Lipinski definition) is 3. The second kappa shape index (κ2) is 4.35. The topological polar surface area (TPSA) is 86.2 Å². The minimum Gasteiger partial charge on any atom is -0.359 e. The Balaban J connectivity index is 3.32. The summed E-state index contributed by atoms with van der Waals surface area (Å²) in [6, 6.07) is 0.920. The van der Waals surface area contributed by atoms with Crippen LogP contribution < -0.4 is 5.73 Å². The number of hydrogen-bond donors (Lipinski definition) is 1. The number of nitro benzene ring substituents is 1. The molecule has 0 aromatic heterocycles. The van der Waals surface area contributed by atoms with E-state index in [1.54, 1.807) is 5.92 Å². The molecule has 0 fully saturated rings. The van der Waals surface area contributed by atoms with E-state index in [9.17, 15) is 23.7 Å². The van der Waals surface area contributed by atoms with E-state index < -0.39 is 33.7 Å². The summed E-state index contributed by atoms with van der Waals surface area (Å²) in [5.74, 6) is 0.321. The summed E-state index contributed by atoms with van der Waals surface area (Å²) in [5, 5.41) is 10.3. The molecular weight excluding hydrogens is 222 g/mol. The van der Waals surface area contributed by atoms with Crippen molar-refractivity contribution in [3.63, 3.8) is 0 Å². The largest absolute Gasteiger partial charge is 0.359 e. The van der Waals surface area contributed by atoms with Gasteiger partial charge in [-0.2, -0.15) is 4.39 Å². The van der Waals surface area contributed by atoms with Crippen LogP contribution in [-0.2, 0) is 4.79 Å². The quantitative estimate of drug-likeness (QED) is 0.434. The number of nitrogens with zero attached hydrogens (tertiary/aromatic N) is 1. The zero-order valence-corrected chi connectivity index (χ0v) is 7.66. The summed E-state index contributed by atoms with van der Waals surface area (Å²) in [6.45, 7) is 0. The van der Waals surface area contributed by atoms with Gasteiger partial charge in [0.1, 0.15) is 5.82 Å². The standard InChI is InChI=1S/C9H4F2N2O3/c10-6-4-7(11)8(13(15)16)3-5(6)1-2-9(12)14/h3-4H,(H2,12,14). The molecule has 82 valence electrons. The molecule has 0 unspecified atom stereocenters. The first-order valence-electron chi connectivity index (χ1n) is 3.86. The highest BCUT2D eigenvalue weighted by molar-refractivity contribution is 5.92. The van der Waals surface area contributed by atoms with E-state index in [-0.39, 0.29) is 0 Å². The highest BCUT2D eigenvalue weighted by atomic mass is 19.1. The van der Waals surface area contributed by atoms with Crippen molar-refractivity contribution in [3.05, 3.63) is 39.4 Å². The Kier molecular flexibility index (Phi) is 3.15. The summed E-state index contributed by atoms with van der Waals surface area (Å²) in [7, 11) is 0. The summed E-state index contributed by atoms with van der Waals surface area (Å²) < 4.78 is 25.9. The summed E-state index contributed by atoms with van der Waals surface area (Å²) in [4.78, 5) is 19.6. The molecule has 1 aromatic carbocycles. The molecule has 0 bridgehead atoms. The fourth-order valence-corrected chi connectivity index (χ4v) is 0.902. The minimum atomic E-state index is -1.31. The maximum Gasteiger partial charge on any atom is 0.306 e. The smallest absolute Gasteiger partial charge is 0.306 e. The Morgan fingerprint density at radius 1 is 1.38 bits per heavy atom. The van der Waals surface area contributed by atoms with Crippen LogP contribution in [0.2, 0.25) is 0 Å². The van der Waals surface area contributed by atoms with Gasteiger partial charge in [-0.3, -0.25) is 14.9 Å². The fourth-order valence-electron chi connectivity index (χ4n) is 0.902. The normalized spacial score (nSPS) is 9.12. The number of nitrogens with two attached hydrogens (primary N) is 1. The summed E-state index contributed by atoms with van der Waals surface area (Å²) >= 11 is 0. The Morgan fingerprint density at radius 2 is 2.00 bits per heavy atom. The van der Waals surface area contributed by atoms with Crippen LogP contribution in [0.5, 0.6) is 0 Å². The van der Waals surface area contributed by atoms with Crippen LogP contribution in [0.3, 0.4) is 0 Å². The zero-order chi connectivity index (χ0) is 12.3. The van der Waals surface area contributed by atoms with Crippen molar-refractivity contribution in [3.8, 4) is 11.8 Å². The van der Waals surface area contributed by atoms with Gasteiger partial charge in [-0.05, 0) is 0 Å². The lowest BCUT2D eigenvalue weighted by Gasteiger charge is -1.96. The number of carbonyl (C=O) groups is 1. The third kappa shape index (κ3) is 2.51. The SMILES string of the molecule is NC(=O)C#Cc1cc([N+](=O)[O-])c(F)cc1F. The Labute approximate surface area is 88.0 Å². The average molecular weight is 226 g/mol. The number of amides is 1. The van der Waals surface area contributed by atoms with Crippen molar-refractivity contribution in [2.24, 2.45) is 5.73 Å². The lowest BCUT2D eigenvalue weighted by molar-refractivity contribution is -0.387. The van der Waals surface area contributed by atoms with Crippen LogP contribution in [-0.4, -0.2) is 10.8 Å². The molecule has 0 heterocycles. The number of halogens is 2. The minimum absolute atomic E-state index is 0.323. The van der Waals surface area contributed by atoms with Gasteiger partial charge < -0.3 is 5.73 Å². The van der Waals surface area contributed by atoms with Crippen LogP contribution in [0.25, 0.3) is 0 Å². The van der Waals surface area contributed by atoms with Gasteiger partial charge in [-0.1, -0.05) is 5.92 Å². The Bertz CT molecular complexity index is 532. The molecule has 5 nitrogen and oxygen atoms in total. The Morgan fingerprint density at radius 3 is 2.50 bits per heavy atom. The van der Waals surface area contributed by atoms with Crippen LogP contribution in [0.1, 0.15) is 5.56 Å². The van der Waals surface area contributed by atoms with Crippen molar-refractivity contribution in [2.45, 2.75) is 0 Å². The van der Waals surface area contributed by atoms with Gasteiger partial charge in [0, 0.05) is 18.1 Å². The summed E-state index contributed by atoms with van der Waals surface area (Å²) in [5.41, 5.74) is 3.29. The Hall–Kier alpha value is -2.49. The van der Waals surface area contributed by atoms with Gasteiger partial charge >= 0.3 is 5.69 Å². The number of nitro groups is 1. The first-order valence-corrected chi connectivity index (χ1v) is 3.86. The second-order valence-electron chi connectivity index (χ2n) is 2.65. The van der Waals surface area contributed by atoms with E-state index in [1.165, 1.54) is 0 Å². The molecule has 0 aliphatic heterocycles. The molecule has 1 aromatic rings. The van der Waals surface area contributed by atoms with Crippen LogP contribution in [0.15, 0.2) is 12.1 Å². The predicted molar refractivity (Wildman–Crippen MR) is 49.1 cm³/mol. The molecule has 1 amide bonds. The molecule has 0 aliphatic carbocycles. The van der Waals surface area contributed by atoms with Gasteiger partial charge in [0.15, 0.2) is 0 Å². The van der Waals surface area contributed by atoms with E-state index in [1.807, 2.05) is 5.92 Å². The molecule has 0 radical (unpaired) electrons. The van der Waals surface area contributed by atoms with Gasteiger partial charge in [0.25, 0.3) is 5.91 Å². The predicted octanol–water partition coefficient (Wildman–Crippen LogP) is 0.710. The molecule has 0 saturated heterocycles. The van der Waals surface area contributed by atoms with Gasteiger partial charge in [-0.25, -0.2) is 4.39 Å². The van der Waals surface area contributed by atoms with Crippen molar-refractivity contribution in [1.82, 2.24) is 0 Å². The molecule has 1 rings (SSSR count). The van der Waals surface area contributed by atoms with E-state index in [0.29, 0.717) is 12.1 Å². The van der Waals surface area contributed by atoms with Crippen molar-refractivity contribution in [1.29, 1.82) is 0 Å². The first-order chi connectivity index (χ1) is 7.41. The van der Waals surface area contributed by atoms with Gasteiger partial charge in [0.2, 0.25) is 5.82 Å². The van der Waals surface area contributed by atoms with E-state index in [2.05, 4.69) is 5.73 Å². The molecule has 0 saturated carbocycles. The van der Waals surface area contributed by atoms with E-state index in [4.69, 9.17) is 0 Å². The molecule has 2 N–H and O–H groups in total. The van der Waals surface area contributed by atoms with E-state index in [0.717, 1.165) is 0 Å². The van der Waals surface area contributed by atoms with Crippen LogP contribution in [0, 0.1) is 33.6 Å².